The molecule has 2 saturated heterocycles. The summed E-state index contributed by atoms with van der Waals surface area (Å²) in [5.41, 5.74) is 1.95. The summed E-state index contributed by atoms with van der Waals surface area (Å²) in [6.07, 6.45) is 2.22. The van der Waals surface area contributed by atoms with Crippen LogP contribution in [0.2, 0.25) is 0 Å². The molecule has 0 aliphatic carbocycles. The molecule has 0 radical (unpaired) electrons. The van der Waals surface area contributed by atoms with Crippen molar-refractivity contribution in [2.75, 3.05) is 11.5 Å². The van der Waals surface area contributed by atoms with E-state index in [0.717, 1.165) is 16.9 Å². The first-order valence-electron chi connectivity index (χ1n) is 9.15. The van der Waals surface area contributed by atoms with E-state index in [1.165, 1.54) is 16.7 Å². The minimum atomic E-state index is -3.08. The zero-order valence-corrected chi connectivity index (χ0v) is 17.9. The molecule has 1 atom stereocenters. The predicted octanol–water partition coefficient (Wildman–Crippen LogP) is 3.65. The molecule has 2 fully saturated rings. The van der Waals surface area contributed by atoms with E-state index in [1.54, 1.807) is 6.08 Å². The molecule has 0 spiro atoms. The van der Waals surface area contributed by atoms with Gasteiger partial charge in [0.05, 0.1) is 22.5 Å². The summed E-state index contributed by atoms with van der Waals surface area (Å²) < 4.78 is 29.7. The van der Waals surface area contributed by atoms with E-state index in [9.17, 15) is 13.2 Å². The van der Waals surface area contributed by atoms with Crippen LogP contribution in [0.3, 0.4) is 0 Å². The van der Waals surface area contributed by atoms with Gasteiger partial charge in [0.25, 0.3) is 5.91 Å². The molecule has 0 N–H and O–H groups in total. The van der Waals surface area contributed by atoms with E-state index in [-0.39, 0.29) is 23.5 Å². The average molecular weight is 446 g/mol. The fourth-order valence-corrected chi connectivity index (χ4v) is 6.43. The topological polar surface area (TPSA) is 63.7 Å². The monoisotopic (exact) mass is 445 g/mol. The van der Waals surface area contributed by atoms with Gasteiger partial charge in [-0.25, -0.2) is 8.42 Å². The van der Waals surface area contributed by atoms with Crippen LogP contribution in [0.25, 0.3) is 6.08 Å². The van der Waals surface area contributed by atoms with Crippen LogP contribution in [-0.2, 0) is 21.2 Å². The van der Waals surface area contributed by atoms with Gasteiger partial charge in [0, 0.05) is 0 Å². The molecule has 1 unspecified atom stereocenters. The summed E-state index contributed by atoms with van der Waals surface area (Å²) >= 11 is 6.55. The Balaban J connectivity index is 1.42. The zero-order chi connectivity index (χ0) is 20.4. The summed E-state index contributed by atoms with van der Waals surface area (Å²) in [6, 6.07) is 17.0. The smallest absolute Gasteiger partial charge is 0.266 e. The van der Waals surface area contributed by atoms with Gasteiger partial charge in [0.15, 0.2) is 9.84 Å². The maximum atomic E-state index is 12.8. The Labute approximate surface area is 179 Å². The fraction of sp³-hybridized carbons (Fsp3) is 0.238. The van der Waals surface area contributed by atoms with Crippen LogP contribution in [0.5, 0.6) is 5.75 Å². The Bertz CT molecular complexity index is 1060. The molecule has 150 valence electrons. The number of ether oxygens (including phenoxy) is 1. The lowest BCUT2D eigenvalue weighted by atomic mass is 10.2. The van der Waals surface area contributed by atoms with Crippen LogP contribution in [0, 0.1) is 0 Å². The van der Waals surface area contributed by atoms with E-state index >= 15 is 0 Å². The number of thiocarbonyl (C=S) groups is 1. The van der Waals surface area contributed by atoms with Gasteiger partial charge in [-0.2, -0.15) is 0 Å². The molecule has 2 heterocycles. The normalized spacial score (nSPS) is 22.4. The van der Waals surface area contributed by atoms with E-state index in [2.05, 4.69) is 0 Å². The number of nitrogens with zero attached hydrogens (tertiary/aromatic N) is 1. The highest BCUT2D eigenvalue weighted by atomic mass is 32.2. The molecule has 4 rings (SSSR count). The summed E-state index contributed by atoms with van der Waals surface area (Å²) in [7, 11) is -3.08. The van der Waals surface area contributed by atoms with E-state index < -0.39 is 9.84 Å². The third kappa shape index (κ3) is 4.71. The highest BCUT2D eigenvalue weighted by molar-refractivity contribution is 8.26. The van der Waals surface area contributed by atoms with Crippen molar-refractivity contribution in [1.82, 2.24) is 4.90 Å². The van der Waals surface area contributed by atoms with Gasteiger partial charge in [-0.1, -0.05) is 66.4 Å². The lowest BCUT2D eigenvalue weighted by Crippen LogP contribution is -2.39. The molecule has 0 saturated carbocycles. The molecule has 5 nitrogen and oxygen atoms in total. The van der Waals surface area contributed by atoms with Crippen molar-refractivity contribution < 1.29 is 17.9 Å². The van der Waals surface area contributed by atoms with Crippen molar-refractivity contribution in [3.05, 3.63) is 70.6 Å². The molecule has 2 aromatic carbocycles. The molecular weight excluding hydrogens is 426 g/mol. The minimum absolute atomic E-state index is 0.0137. The lowest BCUT2D eigenvalue weighted by molar-refractivity contribution is -0.123. The molecule has 2 aromatic rings. The van der Waals surface area contributed by atoms with Gasteiger partial charge in [0.1, 0.15) is 16.7 Å². The van der Waals surface area contributed by atoms with Crippen molar-refractivity contribution >= 4 is 50.1 Å². The number of thioether (sulfide) groups is 1. The third-order valence-electron chi connectivity index (χ3n) is 4.82. The number of benzene rings is 2. The Morgan fingerprint density at radius 1 is 1.14 bits per heavy atom. The summed E-state index contributed by atoms with van der Waals surface area (Å²) in [5.74, 6) is 0.625. The molecule has 1 amide bonds. The lowest BCUT2D eigenvalue weighted by Gasteiger charge is -2.20. The van der Waals surface area contributed by atoms with Gasteiger partial charge >= 0.3 is 0 Å². The molecular formula is C21H19NO4S3. The summed E-state index contributed by atoms with van der Waals surface area (Å²) in [6.45, 7) is 0.489. The Morgan fingerprint density at radius 2 is 1.86 bits per heavy atom. The van der Waals surface area contributed by atoms with Crippen LogP contribution in [0.4, 0.5) is 0 Å². The summed E-state index contributed by atoms with van der Waals surface area (Å²) in [4.78, 5) is 14.8. The van der Waals surface area contributed by atoms with Gasteiger partial charge in [-0.3, -0.25) is 9.69 Å². The van der Waals surface area contributed by atoms with Crippen LogP contribution in [0.1, 0.15) is 17.5 Å². The number of rotatable bonds is 5. The fourth-order valence-electron chi connectivity index (χ4n) is 3.33. The van der Waals surface area contributed by atoms with Gasteiger partial charge < -0.3 is 4.74 Å². The number of amides is 1. The van der Waals surface area contributed by atoms with Crippen molar-refractivity contribution in [1.29, 1.82) is 0 Å². The van der Waals surface area contributed by atoms with E-state index in [0.29, 0.717) is 22.3 Å². The highest BCUT2D eigenvalue weighted by Gasteiger charge is 2.42. The third-order valence-corrected chi connectivity index (χ3v) is 7.90. The Morgan fingerprint density at radius 3 is 2.52 bits per heavy atom. The first-order chi connectivity index (χ1) is 13.9. The quantitative estimate of drug-likeness (QED) is 0.517. The summed E-state index contributed by atoms with van der Waals surface area (Å²) in [5, 5.41) is 0. The number of hydrogen-bond acceptors (Lipinski definition) is 6. The number of sulfone groups is 1. The van der Waals surface area contributed by atoms with Crippen molar-refractivity contribution in [3.63, 3.8) is 0 Å². The van der Waals surface area contributed by atoms with Gasteiger partial charge in [0.2, 0.25) is 0 Å². The van der Waals surface area contributed by atoms with Crippen LogP contribution in [0.15, 0.2) is 59.5 Å². The predicted molar refractivity (Wildman–Crippen MR) is 119 cm³/mol. The molecule has 8 heteroatoms. The van der Waals surface area contributed by atoms with Crippen molar-refractivity contribution in [2.24, 2.45) is 0 Å². The molecule has 0 bridgehead atoms. The SMILES string of the molecule is O=C1/C(=C/c2ccc(OCc3ccccc3)cc2)SC(=S)N1C1CCS(=O)(=O)C1. The Kier molecular flexibility index (Phi) is 5.76. The van der Waals surface area contributed by atoms with Crippen molar-refractivity contribution in [2.45, 2.75) is 19.1 Å². The Hall–Kier alpha value is -2.16. The second kappa shape index (κ2) is 8.30. The number of hydrogen-bond donors (Lipinski definition) is 0. The van der Waals surface area contributed by atoms with Crippen molar-refractivity contribution in [3.8, 4) is 5.75 Å². The zero-order valence-electron chi connectivity index (χ0n) is 15.5. The maximum absolute atomic E-state index is 12.8. The van der Waals surface area contributed by atoms with Gasteiger partial charge in [-0.05, 0) is 35.8 Å². The van der Waals surface area contributed by atoms with E-state index in [1.807, 2.05) is 54.6 Å². The minimum Gasteiger partial charge on any atom is -0.489 e. The number of carbonyl (C=O) groups is 1. The second-order valence-electron chi connectivity index (χ2n) is 6.95. The molecule has 29 heavy (non-hydrogen) atoms. The molecule has 0 aromatic heterocycles. The van der Waals surface area contributed by atoms with Gasteiger partial charge in [-0.15, -0.1) is 0 Å². The first kappa shape index (κ1) is 20.1. The number of carbonyl (C=O) groups excluding carboxylic acids is 1. The maximum Gasteiger partial charge on any atom is 0.266 e. The first-order valence-corrected chi connectivity index (χ1v) is 12.2. The van der Waals surface area contributed by atoms with E-state index in [4.69, 9.17) is 17.0 Å². The van der Waals surface area contributed by atoms with Crippen LogP contribution >= 0.6 is 24.0 Å². The highest BCUT2D eigenvalue weighted by Crippen LogP contribution is 2.36. The largest absolute Gasteiger partial charge is 0.489 e. The molecule has 2 aliphatic rings. The standard InChI is InChI=1S/C21H19NO4S3/c23-20-19(28-21(27)22(20)17-10-11-29(24,25)14-17)12-15-6-8-18(9-7-15)26-13-16-4-2-1-3-5-16/h1-9,12,17H,10-11,13-14H2/b19-12-. The second-order valence-corrected chi connectivity index (χ2v) is 10.9. The molecule has 2 aliphatic heterocycles. The van der Waals surface area contributed by atoms with Crippen LogP contribution < -0.4 is 4.74 Å². The van der Waals surface area contributed by atoms with Crippen LogP contribution in [-0.4, -0.2) is 41.1 Å². The average Bonchev–Trinajstić information content (AvgIpc) is 3.20.